The summed E-state index contributed by atoms with van der Waals surface area (Å²) in [6, 6.07) is 16.8. The van der Waals surface area contributed by atoms with Gasteiger partial charge in [0.15, 0.2) is 0 Å². The number of hydrogen-bond donors (Lipinski definition) is 0. The molecule has 1 fully saturated rings. The third-order valence-corrected chi connectivity index (χ3v) is 4.86. The van der Waals surface area contributed by atoms with Crippen molar-refractivity contribution < 1.29 is 14.3 Å². The predicted molar refractivity (Wildman–Crippen MR) is 105 cm³/mol. The van der Waals surface area contributed by atoms with Crippen LogP contribution in [0.4, 0.5) is 4.79 Å². The maximum Gasteiger partial charge on any atom is 0.293 e. The van der Waals surface area contributed by atoms with E-state index in [1.54, 1.807) is 30.4 Å². The Morgan fingerprint density at radius 3 is 2.54 bits per heavy atom. The van der Waals surface area contributed by atoms with Gasteiger partial charge in [0.05, 0.1) is 16.5 Å². The van der Waals surface area contributed by atoms with E-state index in [9.17, 15) is 9.59 Å². The number of carbonyl (C=O) groups excluding carboxylic acids is 2. The van der Waals surface area contributed by atoms with Gasteiger partial charge in [-0.15, -0.1) is 0 Å². The van der Waals surface area contributed by atoms with Gasteiger partial charge >= 0.3 is 0 Å². The van der Waals surface area contributed by atoms with Crippen LogP contribution in [-0.4, -0.2) is 29.2 Å². The van der Waals surface area contributed by atoms with Crippen molar-refractivity contribution in [3.8, 4) is 5.75 Å². The van der Waals surface area contributed by atoms with E-state index in [4.69, 9.17) is 16.3 Å². The van der Waals surface area contributed by atoms with Crippen molar-refractivity contribution in [2.45, 2.75) is 0 Å². The van der Waals surface area contributed by atoms with E-state index in [0.717, 1.165) is 17.3 Å². The number of imide groups is 1. The zero-order chi connectivity index (χ0) is 18.4. The van der Waals surface area contributed by atoms with Crippen LogP contribution in [0.15, 0.2) is 71.7 Å². The van der Waals surface area contributed by atoms with Crippen molar-refractivity contribution in [3.05, 3.63) is 82.2 Å². The number of benzene rings is 2. The Bertz CT molecular complexity index is 864. The summed E-state index contributed by atoms with van der Waals surface area (Å²) in [5.41, 5.74) is 1.02. The zero-order valence-corrected chi connectivity index (χ0v) is 15.4. The first kappa shape index (κ1) is 18.3. The second-order valence-electron chi connectivity index (χ2n) is 5.40. The van der Waals surface area contributed by atoms with E-state index in [-0.39, 0.29) is 24.3 Å². The van der Waals surface area contributed by atoms with Crippen LogP contribution in [-0.2, 0) is 4.79 Å². The molecule has 0 bridgehead atoms. The van der Waals surface area contributed by atoms with Crippen LogP contribution in [0.5, 0.6) is 5.75 Å². The van der Waals surface area contributed by atoms with Crippen LogP contribution >= 0.6 is 23.4 Å². The molecule has 26 heavy (non-hydrogen) atoms. The van der Waals surface area contributed by atoms with Crippen LogP contribution in [0.25, 0.3) is 6.08 Å². The molecule has 1 aliphatic rings. The van der Waals surface area contributed by atoms with Crippen molar-refractivity contribution >= 4 is 40.6 Å². The van der Waals surface area contributed by atoms with Crippen molar-refractivity contribution in [2.75, 3.05) is 13.2 Å². The van der Waals surface area contributed by atoms with Gasteiger partial charge < -0.3 is 4.74 Å². The number of nitrogens with zero attached hydrogens (tertiary/aromatic N) is 1. The second kappa shape index (κ2) is 8.74. The molecule has 1 saturated heterocycles. The standard InChI is InChI=1S/C20H16ClNO3S/c21-16-10-4-5-11-17(16)25-14-13-22-19(23)18(26-20(22)24)12-6-9-15-7-2-1-3-8-15/h1-12H,13-14H2/b9-6+,18-12-. The second-order valence-corrected chi connectivity index (χ2v) is 6.80. The monoisotopic (exact) mass is 385 g/mol. The Kier molecular flexibility index (Phi) is 6.15. The molecule has 132 valence electrons. The summed E-state index contributed by atoms with van der Waals surface area (Å²) >= 11 is 6.95. The number of halogens is 1. The average molecular weight is 386 g/mol. The Hall–Kier alpha value is -2.50. The summed E-state index contributed by atoms with van der Waals surface area (Å²) in [5.74, 6) is 0.225. The first-order valence-electron chi connectivity index (χ1n) is 7.99. The number of thioether (sulfide) groups is 1. The molecule has 2 aromatic carbocycles. The van der Waals surface area contributed by atoms with Crippen LogP contribution in [0.3, 0.4) is 0 Å². The average Bonchev–Trinajstić information content (AvgIpc) is 2.92. The van der Waals surface area contributed by atoms with Gasteiger partial charge in [-0.25, -0.2) is 0 Å². The lowest BCUT2D eigenvalue weighted by Crippen LogP contribution is -2.32. The van der Waals surface area contributed by atoms with Crippen molar-refractivity contribution in [1.82, 2.24) is 4.90 Å². The van der Waals surface area contributed by atoms with E-state index >= 15 is 0 Å². The van der Waals surface area contributed by atoms with Gasteiger partial charge in [-0.1, -0.05) is 66.2 Å². The quantitative estimate of drug-likeness (QED) is 0.655. The van der Waals surface area contributed by atoms with Crippen molar-refractivity contribution in [2.24, 2.45) is 0 Å². The molecule has 1 heterocycles. The summed E-state index contributed by atoms with van der Waals surface area (Å²) in [7, 11) is 0. The fourth-order valence-electron chi connectivity index (χ4n) is 2.33. The maximum absolute atomic E-state index is 12.4. The molecule has 2 amide bonds. The largest absolute Gasteiger partial charge is 0.490 e. The van der Waals surface area contributed by atoms with Gasteiger partial charge in [-0.05, 0) is 35.5 Å². The lowest BCUT2D eigenvalue weighted by molar-refractivity contribution is -0.123. The summed E-state index contributed by atoms with van der Waals surface area (Å²) in [4.78, 5) is 26.0. The summed E-state index contributed by atoms with van der Waals surface area (Å²) in [6.45, 7) is 0.366. The molecule has 0 saturated carbocycles. The molecule has 0 N–H and O–H groups in total. The highest BCUT2D eigenvalue weighted by molar-refractivity contribution is 8.18. The summed E-state index contributed by atoms with van der Waals surface area (Å²) in [5, 5.41) is 0.199. The first-order valence-corrected chi connectivity index (χ1v) is 9.19. The SMILES string of the molecule is O=C1S/C(=C\C=C\c2ccccc2)C(=O)N1CCOc1ccccc1Cl. The molecule has 0 atom stereocenters. The molecule has 3 rings (SSSR count). The fourth-order valence-corrected chi connectivity index (χ4v) is 3.33. The molecular formula is C20H16ClNO3S. The molecular weight excluding hydrogens is 370 g/mol. The molecule has 1 aliphatic heterocycles. The Labute approximate surface area is 161 Å². The molecule has 0 aromatic heterocycles. The summed E-state index contributed by atoms with van der Waals surface area (Å²) < 4.78 is 5.55. The number of amides is 2. The summed E-state index contributed by atoms with van der Waals surface area (Å²) in [6.07, 6.45) is 5.31. The Balaban J connectivity index is 1.57. The minimum absolute atomic E-state index is 0.176. The van der Waals surface area contributed by atoms with Crippen molar-refractivity contribution in [1.29, 1.82) is 0 Å². The van der Waals surface area contributed by atoms with Gasteiger partial charge in [0.2, 0.25) is 0 Å². The van der Waals surface area contributed by atoms with Gasteiger partial charge in [-0.3, -0.25) is 14.5 Å². The van der Waals surface area contributed by atoms with Gasteiger partial charge in [0.1, 0.15) is 12.4 Å². The van der Waals surface area contributed by atoms with Crippen LogP contribution in [0, 0.1) is 0 Å². The minimum atomic E-state index is -0.305. The van der Waals surface area contributed by atoms with Gasteiger partial charge in [-0.2, -0.15) is 0 Å². The number of carbonyl (C=O) groups is 2. The smallest absolute Gasteiger partial charge is 0.293 e. The molecule has 2 aromatic rings. The molecule has 0 radical (unpaired) electrons. The van der Waals surface area contributed by atoms with Gasteiger partial charge in [0.25, 0.3) is 11.1 Å². The highest BCUT2D eigenvalue weighted by Gasteiger charge is 2.34. The van der Waals surface area contributed by atoms with E-state index in [0.29, 0.717) is 15.7 Å². The lowest BCUT2D eigenvalue weighted by atomic mass is 10.2. The number of ether oxygens (including phenoxy) is 1. The van der Waals surface area contributed by atoms with E-state index < -0.39 is 0 Å². The van der Waals surface area contributed by atoms with Crippen molar-refractivity contribution in [3.63, 3.8) is 0 Å². The maximum atomic E-state index is 12.4. The number of hydrogen-bond acceptors (Lipinski definition) is 4. The van der Waals surface area contributed by atoms with E-state index in [2.05, 4.69) is 0 Å². The fraction of sp³-hybridized carbons (Fsp3) is 0.100. The molecule has 0 spiro atoms. The van der Waals surface area contributed by atoms with E-state index in [1.807, 2.05) is 42.5 Å². The third-order valence-electron chi connectivity index (χ3n) is 3.62. The number of rotatable bonds is 6. The molecule has 0 aliphatic carbocycles. The third kappa shape index (κ3) is 4.56. The van der Waals surface area contributed by atoms with Gasteiger partial charge in [0, 0.05) is 0 Å². The first-order chi connectivity index (χ1) is 12.6. The van der Waals surface area contributed by atoms with Crippen LogP contribution < -0.4 is 4.74 Å². The molecule has 4 nitrogen and oxygen atoms in total. The highest BCUT2D eigenvalue weighted by Crippen LogP contribution is 2.30. The lowest BCUT2D eigenvalue weighted by Gasteiger charge is -2.13. The predicted octanol–water partition coefficient (Wildman–Crippen LogP) is 5.01. The highest BCUT2D eigenvalue weighted by atomic mass is 35.5. The topological polar surface area (TPSA) is 46.6 Å². The number of para-hydroxylation sites is 1. The van der Waals surface area contributed by atoms with E-state index in [1.165, 1.54) is 4.90 Å². The van der Waals surface area contributed by atoms with Crippen LogP contribution in [0.1, 0.15) is 5.56 Å². The minimum Gasteiger partial charge on any atom is -0.490 e. The van der Waals surface area contributed by atoms with Crippen LogP contribution in [0.2, 0.25) is 5.02 Å². The molecule has 6 heteroatoms. The number of allylic oxidation sites excluding steroid dienone is 2. The Morgan fingerprint density at radius 2 is 1.77 bits per heavy atom. The Morgan fingerprint density at radius 1 is 1.04 bits per heavy atom. The normalized spacial score (nSPS) is 16.0. The zero-order valence-electron chi connectivity index (χ0n) is 13.8. The molecule has 0 unspecified atom stereocenters.